The van der Waals surface area contributed by atoms with Crippen molar-refractivity contribution in [2.75, 3.05) is 0 Å². The Kier molecular flexibility index (Phi) is 2.56. The van der Waals surface area contributed by atoms with E-state index in [1.807, 2.05) is 6.92 Å². The fourth-order valence-electron chi connectivity index (χ4n) is 0.732. The molecular formula is C8H9N3. The third-order valence-corrected chi connectivity index (χ3v) is 1.33. The zero-order chi connectivity index (χ0) is 8.10. The van der Waals surface area contributed by atoms with Crippen LogP contribution in [0, 0.1) is 18.3 Å². The van der Waals surface area contributed by atoms with Gasteiger partial charge in [-0.15, -0.1) is 0 Å². The molecule has 0 aromatic carbocycles. The summed E-state index contributed by atoms with van der Waals surface area (Å²) in [6.45, 7) is 1.89. The van der Waals surface area contributed by atoms with Gasteiger partial charge in [-0.2, -0.15) is 5.26 Å². The Morgan fingerprint density at radius 3 is 2.82 bits per heavy atom. The van der Waals surface area contributed by atoms with Crippen LogP contribution in [0.4, 0.5) is 0 Å². The Labute approximate surface area is 65.7 Å². The molecule has 11 heavy (non-hydrogen) atoms. The number of hydrogen-bond acceptors (Lipinski definition) is 3. The molecule has 0 saturated carbocycles. The first-order valence-corrected chi connectivity index (χ1v) is 3.47. The summed E-state index contributed by atoms with van der Waals surface area (Å²) in [5, 5.41) is 8.28. The second-order valence-corrected chi connectivity index (χ2v) is 2.31. The van der Waals surface area contributed by atoms with Crippen LogP contribution in [0.3, 0.4) is 0 Å². The molecule has 1 aromatic rings. The van der Waals surface area contributed by atoms with E-state index in [4.69, 9.17) is 5.26 Å². The largest absolute Gasteiger partial charge is 0.258 e. The number of aromatic nitrogens is 2. The van der Waals surface area contributed by atoms with Crippen LogP contribution in [0.15, 0.2) is 12.4 Å². The normalized spacial score (nSPS) is 9.09. The van der Waals surface area contributed by atoms with Crippen LogP contribution in [-0.4, -0.2) is 9.97 Å². The van der Waals surface area contributed by atoms with E-state index in [0.29, 0.717) is 12.8 Å². The zero-order valence-electron chi connectivity index (χ0n) is 6.41. The predicted molar refractivity (Wildman–Crippen MR) is 40.7 cm³/mol. The van der Waals surface area contributed by atoms with Crippen molar-refractivity contribution in [1.29, 1.82) is 5.26 Å². The molecule has 3 heteroatoms. The van der Waals surface area contributed by atoms with Crippen molar-refractivity contribution in [3.63, 3.8) is 0 Å². The summed E-state index contributed by atoms with van der Waals surface area (Å²) in [5.74, 6) is 0. The topological polar surface area (TPSA) is 49.6 Å². The number of rotatable bonds is 2. The van der Waals surface area contributed by atoms with Crippen LogP contribution >= 0.6 is 0 Å². The SMILES string of the molecule is Cc1cnc(CCC#N)cn1. The van der Waals surface area contributed by atoms with Gasteiger partial charge >= 0.3 is 0 Å². The molecule has 0 bridgehead atoms. The van der Waals surface area contributed by atoms with Gasteiger partial charge in [0, 0.05) is 25.2 Å². The lowest BCUT2D eigenvalue weighted by molar-refractivity contribution is 0.920. The summed E-state index contributed by atoms with van der Waals surface area (Å²) in [7, 11) is 0. The first kappa shape index (κ1) is 7.67. The molecule has 0 unspecified atom stereocenters. The van der Waals surface area contributed by atoms with E-state index in [2.05, 4.69) is 16.0 Å². The lowest BCUT2D eigenvalue weighted by atomic mass is 10.2. The Balaban J connectivity index is 2.60. The molecule has 0 radical (unpaired) electrons. The first-order valence-electron chi connectivity index (χ1n) is 3.47. The van der Waals surface area contributed by atoms with Gasteiger partial charge in [0.1, 0.15) is 0 Å². The molecule has 0 amide bonds. The molecule has 0 aliphatic heterocycles. The highest BCUT2D eigenvalue weighted by atomic mass is 14.8. The van der Waals surface area contributed by atoms with E-state index >= 15 is 0 Å². The summed E-state index contributed by atoms with van der Waals surface area (Å²) >= 11 is 0. The summed E-state index contributed by atoms with van der Waals surface area (Å²) in [6, 6.07) is 2.06. The van der Waals surface area contributed by atoms with Crippen LogP contribution in [0.2, 0.25) is 0 Å². The van der Waals surface area contributed by atoms with Gasteiger partial charge in [-0.25, -0.2) is 0 Å². The molecule has 0 atom stereocenters. The lowest BCUT2D eigenvalue weighted by Crippen LogP contribution is -1.91. The van der Waals surface area contributed by atoms with Gasteiger partial charge in [-0.05, 0) is 6.92 Å². The first-order chi connectivity index (χ1) is 5.33. The van der Waals surface area contributed by atoms with Crippen LogP contribution in [0.25, 0.3) is 0 Å². The number of nitrogens with zero attached hydrogens (tertiary/aromatic N) is 3. The molecule has 3 nitrogen and oxygen atoms in total. The highest BCUT2D eigenvalue weighted by Gasteiger charge is 1.92. The highest BCUT2D eigenvalue weighted by molar-refractivity contribution is 5.01. The number of nitriles is 1. The maximum absolute atomic E-state index is 8.28. The van der Waals surface area contributed by atoms with Crippen molar-refractivity contribution in [3.8, 4) is 6.07 Å². The maximum Gasteiger partial charge on any atom is 0.0625 e. The van der Waals surface area contributed by atoms with Crippen molar-refractivity contribution in [2.45, 2.75) is 19.8 Å². The minimum atomic E-state index is 0.512. The van der Waals surface area contributed by atoms with Gasteiger partial charge in [-0.3, -0.25) is 9.97 Å². The van der Waals surface area contributed by atoms with Gasteiger partial charge in [0.25, 0.3) is 0 Å². The van der Waals surface area contributed by atoms with Crippen LogP contribution in [-0.2, 0) is 6.42 Å². The quantitative estimate of drug-likeness (QED) is 0.632. The van der Waals surface area contributed by atoms with Crippen LogP contribution < -0.4 is 0 Å². The average molecular weight is 147 g/mol. The summed E-state index contributed by atoms with van der Waals surface area (Å²) in [5.41, 5.74) is 1.79. The van der Waals surface area contributed by atoms with Crippen molar-refractivity contribution in [2.24, 2.45) is 0 Å². The van der Waals surface area contributed by atoms with Crippen LogP contribution in [0.5, 0.6) is 0 Å². The number of hydrogen-bond donors (Lipinski definition) is 0. The van der Waals surface area contributed by atoms with Gasteiger partial charge in [0.2, 0.25) is 0 Å². The molecule has 1 aromatic heterocycles. The molecule has 0 saturated heterocycles. The van der Waals surface area contributed by atoms with Crippen molar-refractivity contribution in [1.82, 2.24) is 9.97 Å². The van der Waals surface area contributed by atoms with Gasteiger partial charge in [0.15, 0.2) is 0 Å². The molecule has 1 rings (SSSR count). The second-order valence-electron chi connectivity index (χ2n) is 2.31. The minimum absolute atomic E-state index is 0.512. The number of aryl methyl sites for hydroxylation is 2. The standard InChI is InChI=1S/C8H9N3/c1-7-5-11-8(6-10-7)3-2-4-9/h5-6H,2-3H2,1H3. The van der Waals surface area contributed by atoms with E-state index in [9.17, 15) is 0 Å². The fourth-order valence-corrected chi connectivity index (χ4v) is 0.732. The minimum Gasteiger partial charge on any atom is -0.258 e. The van der Waals surface area contributed by atoms with E-state index in [1.54, 1.807) is 12.4 Å². The Bertz CT molecular complexity index is 258. The molecular weight excluding hydrogens is 138 g/mol. The summed E-state index contributed by atoms with van der Waals surface area (Å²) < 4.78 is 0. The Morgan fingerprint density at radius 2 is 2.27 bits per heavy atom. The van der Waals surface area contributed by atoms with Crippen molar-refractivity contribution in [3.05, 3.63) is 23.8 Å². The Hall–Kier alpha value is -1.43. The lowest BCUT2D eigenvalue weighted by Gasteiger charge is -1.94. The molecule has 0 fully saturated rings. The Morgan fingerprint density at radius 1 is 1.45 bits per heavy atom. The van der Waals surface area contributed by atoms with E-state index in [1.165, 1.54) is 0 Å². The van der Waals surface area contributed by atoms with Crippen molar-refractivity contribution >= 4 is 0 Å². The third kappa shape index (κ3) is 2.34. The highest BCUT2D eigenvalue weighted by Crippen LogP contribution is 1.96. The molecule has 0 spiro atoms. The van der Waals surface area contributed by atoms with E-state index in [0.717, 1.165) is 11.4 Å². The summed E-state index contributed by atoms with van der Waals surface area (Å²) in [4.78, 5) is 8.16. The molecule has 0 aliphatic carbocycles. The zero-order valence-corrected chi connectivity index (χ0v) is 6.41. The smallest absolute Gasteiger partial charge is 0.0625 e. The molecule has 56 valence electrons. The van der Waals surface area contributed by atoms with E-state index in [-0.39, 0.29) is 0 Å². The fraction of sp³-hybridized carbons (Fsp3) is 0.375. The monoisotopic (exact) mass is 147 g/mol. The van der Waals surface area contributed by atoms with Crippen molar-refractivity contribution < 1.29 is 0 Å². The van der Waals surface area contributed by atoms with Gasteiger partial charge < -0.3 is 0 Å². The molecule has 0 aliphatic rings. The average Bonchev–Trinajstić information content (AvgIpc) is 2.04. The molecule has 1 heterocycles. The van der Waals surface area contributed by atoms with Crippen LogP contribution in [0.1, 0.15) is 17.8 Å². The van der Waals surface area contributed by atoms with Gasteiger partial charge in [-0.1, -0.05) is 0 Å². The van der Waals surface area contributed by atoms with Gasteiger partial charge in [0.05, 0.1) is 17.5 Å². The maximum atomic E-state index is 8.28. The molecule has 0 N–H and O–H groups in total. The van der Waals surface area contributed by atoms with E-state index < -0.39 is 0 Å². The predicted octanol–water partition coefficient (Wildman–Crippen LogP) is 1.24. The summed E-state index contributed by atoms with van der Waals surface area (Å²) in [6.07, 6.45) is 4.64. The third-order valence-electron chi connectivity index (χ3n) is 1.33. The second kappa shape index (κ2) is 3.67.